The molecule has 3 aromatic rings. The third-order valence-electron chi connectivity index (χ3n) is 4.97. The maximum atomic E-state index is 13.8. The number of anilines is 2. The van der Waals surface area contributed by atoms with E-state index >= 15 is 0 Å². The van der Waals surface area contributed by atoms with Crippen LogP contribution in [0.5, 0.6) is 0 Å². The van der Waals surface area contributed by atoms with E-state index in [-0.39, 0.29) is 5.82 Å². The minimum atomic E-state index is -0.253. The summed E-state index contributed by atoms with van der Waals surface area (Å²) in [7, 11) is 0. The zero-order valence-corrected chi connectivity index (χ0v) is 14.7. The Labute approximate surface area is 155 Å². The van der Waals surface area contributed by atoms with Crippen LogP contribution in [0.15, 0.2) is 53.3 Å². The first-order valence-electron chi connectivity index (χ1n) is 9.09. The number of nitrogens with zero attached hydrogens (tertiary/aromatic N) is 3. The van der Waals surface area contributed by atoms with Crippen LogP contribution in [-0.4, -0.2) is 27.3 Å². The molecule has 0 spiro atoms. The van der Waals surface area contributed by atoms with Gasteiger partial charge in [0.2, 0.25) is 5.95 Å². The van der Waals surface area contributed by atoms with E-state index in [0.717, 1.165) is 29.2 Å². The van der Waals surface area contributed by atoms with Gasteiger partial charge in [0.15, 0.2) is 0 Å². The first-order valence-corrected chi connectivity index (χ1v) is 9.09. The van der Waals surface area contributed by atoms with Gasteiger partial charge in [-0.1, -0.05) is 6.07 Å². The number of aromatic amines is 1. The van der Waals surface area contributed by atoms with E-state index < -0.39 is 0 Å². The summed E-state index contributed by atoms with van der Waals surface area (Å²) in [6.07, 6.45) is 8.15. The monoisotopic (exact) mass is 362 g/mol. The third-order valence-corrected chi connectivity index (χ3v) is 4.97. The molecule has 136 valence electrons. The van der Waals surface area contributed by atoms with Crippen molar-refractivity contribution in [2.45, 2.75) is 19.4 Å². The number of hydrogen-bond acceptors (Lipinski definition) is 5. The summed E-state index contributed by atoms with van der Waals surface area (Å²) in [5.74, 6) is 2.55. The average molecular weight is 362 g/mol. The van der Waals surface area contributed by atoms with Gasteiger partial charge in [-0.25, -0.2) is 9.37 Å². The van der Waals surface area contributed by atoms with E-state index in [9.17, 15) is 4.39 Å². The zero-order chi connectivity index (χ0) is 18.2. The Hall–Kier alpha value is -3.22. The van der Waals surface area contributed by atoms with Crippen molar-refractivity contribution in [3.63, 3.8) is 0 Å². The van der Waals surface area contributed by atoms with Crippen molar-refractivity contribution >= 4 is 28.5 Å². The number of nitrogens with one attached hydrogen (secondary N) is 3. The Morgan fingerprint density at radius 1 is 1.19 bits per heavy atom. The fourth-order valence-electron chi connectivity index (χ4n) is 3.37. The number of hydrogen-bond donors (Lipinski definition) is 3. The number of aromatic nitrogens is 3. The molecule has 0 radical (unpaired) electrons. The second kappa shape index (κ2) is 6.50. The van der Waals surface area contributed by atoms with Gasteiger partial charge >= 0.3 is 0 Å². The Kier molecular flexibility index (Phi) is 3.85. The summed E-state index contributed by atoms with van der Waals surface area (Å²) in [5.41, 5.74) is 2.91. The van der Waals surface area contributed by atoms with Gasteiger partial charge < -0.3 is 15.6 Å². The van der Waals surface area contributed by atoms with Crippen molar-refractivity contribution in [3.8, 4) is 0 Å². The summed E-state index contributed by atoms with van der Waals surface area (Å²) in [6.45, 7) is 1.30. The third kappa shape index (κ3) is 3.28. The molecular formula is C20H19FN6. The van der Waals surface area contributed by atoms with Gasteiger partial charge in [-0.2, -0.15) is 4.98 Å². The minimum Gasteiger partial charge on any atom is -0.359 e. The van der Waals surface area contributed by atoms with Gasteiger partial charge in [-0.3, -0.25) is 4.99 Å². The molecule has 0 unspecified atom stereocenters. The highest BCUT2D eigenvalue weighted by Gasteiger charge is 2.27. The van der Waals surface area contributed by atoms with E-state index in [2.05, 4.69) is 36.7 Å². The highest BCUT2D eigenvalue weighted by atomic mass is 19.1. The SMILES string of the molecule is Fc1ccc(CNc2nccc(NC3=NCC(C4CC4)=C3)n2)c2cc[nH]c12. The number of aliphatic imine (C=N–C) groups is 1. The summed E-state index contributed by atoms with van der Waals surface area (Å²) in [4.78, 5) is 16.2. The molecule has 5 rings (SSSR count). The topological polar surface area (TPSA) is 78.0 Å². The fraction of sp³-hybridized carbons (Fsp3) is 0.250. The molecule has 2 aliphatic rings. The number of H-pyrrole nitrogens is 1. The van der Waals surface area contributed by atoms with Gasteiger partial charge in [0.1, 0.15) is 17.5 Å². The van der Waals surface area contributed by atoms with E-state index in [1.54, 1.807) is 18.5 Å². The number of benzene rings is 1. The molecular weight excluding hydrogens is 343 g/mol. The molecule has 0 bridgehead atoms. The normalized spacial score (nSPS) is 16.3. The van der Waals surface area contributed by atoms with Crippen molar-refractivity contribution in [2.75, 3.05) is 17.2 Å². The van der Waals surface area contributed by atoms with Gasteiger partial charge in [-0.15, -0.1) is 0 Å². The van der Waals surface area contributed by atoms with Crippen molar-refractivity contribution in [2.24, 2.45) is 10.9 Å². The molecule has 2 aromatic heterocycles. The molecule has 3 heterocycles. The summed E-state index contributed by atoms with van der Waals surface area (Å²) < 4.78 is 13.8. The smallest absolute Gasteiger partial charge is 0.224 e. The highest BCUT2D eigenvalue weighted by molar-refractivity contribution is 6.05. The maximum Gasteiger partial charge on any atom is 0.224 e. The van der Waals surface area contributed by atoms with E-state index in [0.29, 0.717) is 23.8 Å². The molecule has 1 saturated carbocycles. The summed E-state index contributed by atoms with van der Waals surface area (Å²) >= 11 is 0. The Morgan fingerprint density at radius 3 is 3.00 bits per heavy atom. The predicted molar refractivity (Wildman–Crippen MR) is 104 cm³/mol. The van der Waals surface area contributed by atoms with Crippen LogP contribution in [0, 0.1) is 11.7 Å². The van der Waals surface area contributed by atoms with E-state index in [4.69, 9.17) is 0 Å². The zero-order valence-electron chi connectivity index (χ0n) is 14.7. The molecule has 0 saturated heterocycles. The van der Waals surface area contributed by atoms with Crippen LogP contribution >= 0.6 is 0 Å². The van der Waals surface area contributed by atoms with Crippen LogP contribution in [0.4, 0.5) is 16.2 Å². The Morgan fingerprint density at radius 2 is 2.11 bits per heavy atom. The van der Waals surface area contributed by atoms with Crippen molar-refractivity contribution in [1.29, 1.82) is 0 Å². The molecule has 1 aliphatic carbocycles. The molecule has 3 N–H and O–H groups in total. The number of amidine groups is 1. The molecule has 1 aromatic carbocycles. The molecule has 6 nitrogen and oxygen atoms in total. The maximum absolute atomic E-state index is 13.8. The van der Waals surface area contributed by atoms with E-state index in [1.165, 1.54) is 24.5 Å². The predicted octanol–water partition coefficient (Wildman–Crippen LogP) is 3.87. The van der Waals surface area contributed by atoms with Crippen LogP contribution in [0.1, 0.15) is 18.4 Å². The lowest BCUT2D eigenvalue weighted by Crippen LogP contribution is -2.11. The first kappa shape index (κ1) is 16.0. The number of rotatable bonds is 5. The first-order chi connectivity index (χ1) is 13.3. The molecule has 27 heavy (non-hydrogen) atoms. The number of halogens is 1. The molecule has 7 heteroatoms. The number of fused-ring (bicyclic) bond motifs is 1. The van der Waals surface area contributed by atoms with Crippen LogP contribution < -0.4 is 10.6 Å². The van der Waals surface area contributed by atoms with Crippen LogP contribution in [0.2, 0.25) is 0 Å². The van der Waals surface area contributed by atoms with Gasteiger partial charge in [-0.05, 0) is 54.2 Å². The van der Waals surface area contributed by atoms with Crippen LogP contribution in [0.3, 0.4) is 0 Å². The van der Waals surface area contributed by atoms with Gasteiger partial charge in [0.25, 0.3) is 0 Å². The van der Waals surface area contributed by atoms with Crippen molar-refractivity contribution in [1.82, 2.24) is 15.0 Å². The van der Waals surface area contributed by atoms with Crippen LogP contribution in [-0.2, 0) is 6.54 Å². The van der Waals surface area contributed by atoms with Crippen molar-refractivity contribution < 1.29 is 4.39 Å². The second-order valence-corrected chi connectivity index (χ2v) is 6.91. The standard InChI is InChI=1S/C20H19FN6/c21-16-4-3-13(15-5-7-22-19(15)16)10-25-20-23-8-6-17(27-20)26-18-9-14(11-24-18)12-1-2-12/h3-9,12,22H,1-2,10-11H2,(H2,23,24,25,26,27). The average Bonchev–Trinajstić information content (AvgIpc) is 3.21. The summed E-state index contributed by atoms with van der Waals surface area (Å²) in [6, 6.07) is 6.93. The summed E-state index contributed by atoms with van der Waals surface area (Å²) in [5, 5.41) is 7.32. The lowest BCUT2D eigenvalue weighted by Gasteiger charge is -2.09. The molecule has 0 amide bonds. The molecule has 1 fully saturated rings. The highest BCUT2D eigenvalue weighted by Crippen LogP contribution is 2.37. The lowest BCUT2D eigenvalue weighted by atomic mass is 10.1. The Balaban J connectivity index is 1.28. The van der Waals surface area contributed by atoms with Crippen molar-refractivity contribution in [3.05, 3.63) is 59.7 Å². The second-order valence-electron chi connectivity index (χ2n) is 6.91. The molecule has 1 aliphatic heterocycles. The van der Waals surface area contributed by atoms with E-state index in [1.807, 2.05) is 12.1 Å². The molecule has 0 atom stereocenters. The largest absolute Gasteiger partial charge is 0.359 e. The quantitative estimate of drug-likeness (QED) is 0.644. The Bertz CT molecular complexity index is 1060. The lowest BCUT2D eigenvalue weighted by molar-refractivity contribution is 0.637. The van der Waals surface area contributed by atoms with Gasteiger partial charge in [0.05, 0.1) is 12.1 Å². The van der Waals surface area contributed by atoms with Gasteiger partial charge in [0, 0.05) is 24.3 Å². The fourth-order valence-corrected chi connectivity index (χ4v) is 3.37. The van der Waals surface area contributed by atoms with Crippen LogP contribution in [0.25, 0.3) is 10.9 Å². The minimum absolute atomic E-state index is 0.253.